The first-order valence-electron chi connectivity index (χ1n) is 9.43. The van der Waals surface area contributed by atoms with Crippen LogP contribution in [0.3, 0.4) is 0 Å². The summed E-state index contributed by atoms with van der Waals surface area (Å²) in [6.07, 6.45) is 4.10. The van der Waals surface area contributed by atoms with Crippen LogP contribution in [0.4, 0.5) is 0 Å². The Kier molecular flexibility index (Phi) is 5.45. The number of aryl methyl sites for hydroxylation is 2. The van der Waals surface area contributed by atoms with E-state index in [0.717, 1.165) is 43.2 Å². The van der Waals surface area contributed by atoms with Crippen LogP contribution in [0.5, 0.6) is 11.5 Å². The fourth-order valence-corrected chi connectivity index (χ4v) is 4.81. The molecule has 3 rings (SSSR count). The van der Waals surface area contributed by atoms with Crippen molar-refractivity contribution < 1.29 is 18.5 Å². The summed E-state index contributed by atoms with van der Waals surface area (Å²) in [6.45, 7) is 8.39. The van der Waals surface area contributed by atoms with Crippen LogP contribution in [0, 0.1) is 0 Å². The minimum Gasteiger partial charge on any atom is -0.395 e. The van der Waals surface area contributed by atoms with Crippen LogP contribution in [-0.2, 0) is 36.7 Å². The van der Waals surface area contributed by atoms with Gasteiger partial charge >= 0.3 is 7.82 Å². The Labute approximate surface area is 155 Å². The molecule has 2 aromatic carbocycles. The zero-order valence-corrected chi connectivity index (χ0v) is 16.9. The van der Waals surface area contributed by atoms with Crippen LogP contribution in [0.2, 0.25) is 0 Å². The van der Waals surface area contributed by atoms with E-state index in [1.807, 2.05) is 12.1 Å². The first-order valence-corrected chi connectivity index (χ1v) is 10.9. The second-order valence-corrected chi connectivity index (χ2v) is 7.90. The lowest BCUT2D eigenvalue weighted by molar-refractivity contribution is 0.288. The zero-order valence-electron chi connectivity index (χ0n) is 16.0. The molecule has 0 amide bonds. The molecule has 1 N–H and O–H groups in total. The predicted molar refractivity (Wildman–Crippen MR) is 104 cm³/mol. The van der Waals surface area contributed by atoms with Gasteiger partial charge in [0, 0.05) is 0 Å². The normalized spacial score (nSPS) is 15.1. The molecule has 0 aromatic heterocycles. The third kappa shape index (κ3) is 3.41. The van der Waals surface area contributed by atoms with E-state index in [-0.39, 0.29) is 0 Å². The van der Waals surface area contributed by atoms with Crippen LogP contribution < -0.4 is 9.05 Å². The summed E-state index contributed by atoms with van der Waals surface area (Å²) in [5, 5.41) is 0. The summed E-state index contributed by atoms with van der Waals surface area (Å²) in [5.41, 5.74) is 6.96. The summed E-state index contributed by atoms with van der Waals surface area (Å²) in [6, 6.07) is 7.61. The number of rotatable bonds is 4. The average molecular weight is 374 g/mol. The molecule has 0 saturated heterocycles. The molecule has 1 aliphatic rings. The average Bonchev–Trinajstić information content (AvgIpc) is 2.61. The Balaban J connectivity index is 2.35. The van der Waals surface area contributed by atoms with Gasteiger partial charge in [-0.15, -0.1) is 0 Å². The van der Waals surface area contributed by atoms with Crippen LogP contribution >= 0.6 is 7.82 Å². The van der Waals surface area contributed by atoms with Gasteiger partial charge in [-0.2, -0.15) is 0 Å². The first-order chi connectivity index (χ1) is 12.4. The van der Waals surface area contributed by atoms with Gasteiger partial charge in [-0.3, -0.25) is 4.89 Å². The summed E-state index contributed by atoms with van der Waals surface area (Å²) in [5.74, 6) is 0.901. The molecule has 0 aliphatic carbocycles. The number of phosphoric ester groups is 1. The highest BCUT2D eigenvalue weighted by Crippen LogP contribution is 2.49. The Morgan fingerprint density at radius 1 is 0.808 bits per heavy atom. The highest BCUT2D eigenvalue weighted by atomic mass is 31.2. The molecule has 0 fully saturated rings. The van der Waals surface area contributed by atoms with Crippen LogP contribution in [0.1, 0.15) is 61.1 Å². The lowest BCUT2D eigenvalue weighted by atomic mass is 9.86. The monoisotopic (exact) mass is 374 g/mol. The Morgan fingerprint density at radius 2 is 1.23 bits per heavy atom. The molecule has 4 nitrogen and oxygen atoms in total. The molecule has 0 unspecified atom stereocenters. The van der Waals surface area contributed by atoms with Gasteiger partial charge in [0.1, 0.15) is 11.5 Å². The molecule has 4 bridgehead atoms. The molecule has 0 atom stereocenters. The van der Waals surface area contributed by atoms with E-state index in [0.29, 0.717) is 11.5 Å². The minimum atomic E-state index is -4.26. The van der Waals surface area contributed by atoms with E-state index >= 15 is 0 Å². The van der Waals surface area contributed by atoms with Gasteiger partial charge in [0.05, 0.1) is 0 Å². The third-order valence-electron chi connectivity index (χ3n) is 5.22. The number of benzene rings is 2. The highest BCUT2D eigenvalue weighted by molar-refractivity contribution is 7.48. The van der Waals surface area contributed by atoms with Crippen molar-refractivity contribution in [3.8, 4) is 11.5 Å². The van der Waals surface area contributed by atoms with Crippen molar-refractivity contribution in [1.29, 1.82) is 0 Å². The molecule has 1 heterocycles. The lowest BCUT2D eigenvalue weighted by Gasteiger charge is -2.25. The first kappa shape index (κ1) is 19.0. The smallest absolute Gasteiger partial charge is 0.395 e. The van der Waals surface area contributed by atoms with Crippen LogP contribution in [0.15, 0.2) is 24.3 Å². The van der Waals surface area contributed by atoms with E-state index in [2.05, 4.69) is 27.7 Å². The summed E-state index contributed by atoms with van der Waals surface area (Å²) >= 11 is 0. The topological polar surface area (TPSA) is 55.8 Å². The largest absolute Gasteiger partial charge is 0.584 e. The standard InChI is InChI=1S/C21H27O4P/c1-5-14-9-11-20-16(7-3)18(14)13-19-15(6-2)10-12-21(17(19)8-4)25-26(22,23)24-20/h9-12H,5-8,13H2,1-4H3,(H,22,23). The third-order valence-corrected chi connectivity index (χ3v) is 6.08. The van der Waals surface area contributed by atoms with Crippen molar-refractivity contribution in [2.75, 3.05) is 0 Å². The molecular formula is C21H27O4P. The quantitative estimate of drug-likeness (QED) is 0.728. The lowest BCUT2D eigenvalue weighted by Crippen LogP contribution is -2.12. The Bertz CT molecular complexity index is 805. The number of phosphoric acid groups is 1. The SMILES string of the molecule is CCc1ccc2c(CC)c1Cc1c(CC)ccc(c1CC)OP(=O)(O)O2. The molecule has 26 heavy (non-hydrogen) atoms. The Hall–Kier alpha value is -1.77. The molecule has 0 radical (unpaired) electrons. The van der Waals surface area contributed by atoms with Crippen LogP contribution in [-0.4, -0.2) is 4.89 Å². The fraction of sp³-hybridized carbons (Fsp3) is 0.429. The fourth-order valence-electron chi connectivity index (χ4n) is 3.93. The maximum absolute atomic E-state index is 12.6. The van der Waals surface area contributed by atoms with Crippen molar-refractivity contribution in [3.05, 3.63) is 57.6 Å². The molecular weight excluding hydrogens is 347 g/mol. The second-order valence-electron chi connectivity index (χ2n) is 6.60. The summed E-state index contributed by atoms with van der Waals surface area (Å²) < 4.78 is 23.6. The predicted octanol–water partition coefficient (Wildman–Crippen LogP) is 5.40. The van der Waals surface area contributed by atoms with Gasteiger partial charge in [0.25, 0.3) is 0 Å². The number of fused-ring (bicyclic) bond motifs is 4. The van der Waals surface area contributed by atoms with Gasteiger partial charge in [0.2, 0.25) is 0 Å². The van der Waals surface area contributed by atoms with Crippen LogP contribution in [0.25, 0.3) is 0 Å². The molecule has 0 spiro atoms. The van der Waals surface area contributed by atoms with Crippen molar-refractivity contribution in [1.82, 2.24) is 0 Å². The highest BCUT2D eigenvalue weighted by Gasteiger charge is 2.30. The maximum Gasteiger partial charge on any atom is 0.584 e. The van der Waals surface area contributed by atoms with Crippen molar-refractivity contribution in [2.24, 2.45) is 0 Å². The molecule has 1 aliphatic heterocycles. The molecule has 0 saturated carbocycles. The van der Waals surface area contributed by atoms with E-state index < -0.39 is 7.82 Å². The number of hydrogen-bond donors (Lipinski definition) is 1. The van der Waals surface area contributed by atoms with E-state index in [9.17, 15) is 9.46 Å². The van der Waals surface area contributed by atoms with Gasteiger partial charge < -0.3 is 9.05 Å². The van der Waals surface area contributed by atoms with Crippen molar-refractivity contribution >= 4 is 7.82 Å². The zero-order chi connectivity index (χ0) is 18.9. The second kappa shape index (κ2) is 7.46. The summed E-state index contributed by atoms with van der Waals surface area (Å²) in [4.78, 5) is 10.3. The maximum atomic E-state index is 12.6. The molecule has 5 heteroatoms. The molecule has 2 aromatic rings. The molecule has 140 valence electrons. The number of hydrogen-bond acceptors (Lipinski definition) is 3. The van der Waals surface area contributed by atoms with E-state index in [4.69, 9.17) is 9.05 Å². The minimum absolute atomic E-state index is 0.451. The van der Waals surface area contributed by atoms with E-state index in [1.165, 1.54) is 22.3 Å². The van der Waals surface area contributed by atoms with Gasteiger partial charge in [-0.25, -0.2) is 4.57 Å². The van der Waals surface area contributed by atoms with Crippen molar-refractivity contribution in [2.45, 2.75) is 59.8 Å². The Morgan fingerprint density at radius 3 is 1.58 bits per heavy atom. The van der Waals surface area contributed by atoms with Gasteiger partial charge in [0.15, 0.2) is 0 Å². The van der Waals surface area contributed by atoms with Gasteiger partial charge in [-0.05, 0) is 77.6 Å². The van der Waals surface area contributed by atoms with Gasteiger partial charge in [-0.1, -0.05) is 39.8 Å². The summed E-state index contributed by atoms with van der Waals surface area (Å²) in [7, 11) is -4.26. The van der Waals surface area contributed by atoms with E-state index in [1.54, 1.807) is 12.1 Å². The van der Waals surface area contributed by atoms with Crippen molar-refractivity contribution in [3.63, 3.8) is 0 Å².